The van der Waals surface area contributed by atoms with Crippen LogP contribution in [0.25, 0.3) is 0 Å². The van der Waals surface area contributed by atoms with Crippen molar-refractivity contribution in [2.24, 2.45) is 5.92 Å². The maximum Gasteiger partial charge on any atom is 0.227 e. The number of carbonyl (C=O) groups excluding carboxylic acids is 1. The lowest BCUT2D eigenvalue weighted by atomic mass is 10.0. The van der Waals surface area contributed by atoms with Gasteiger partial charge in [-0.15, -0.1) is 0 Å². The van der Waals surface area contributed by atoms with Crippen molar-refractivity contribution < 1.29 is 4.79 Å². The quantitative estimate of drug-likeness (QED) is 0.926. The van der Waals surface area contributed by atoms with Crippen molar-refractivity contribution in [3.05, 3.63) is 24.3 Å². The van der Waals surface area contributed by atoms with E-state index in [1.807, 2.05) is 23.9 Å². The normalized spacial score (nSPS) is 20.1. The second-order valence-electron chi connectivity index (χ2n) is 5.62. The molecule has 0 aliphatic carbocycles. The highest BCUT2D eigenvalue weighted by atomic mass is 32.2. The minimum atomic E-state index is 0.194. The van der Waals surface area contributed by atoms with Crippen LogP contribution in [-0.4, -0.2) is 30.5 Å². The second-order valence-corrected chi connectivity index (χ2v) is 6.84. The average molecular weight is 290 g/mol. The Morgan fingerprint density at radius 3 is 2.40 bits per heavy atom. The molecule has 1 aromatic rings. The third kappa shape index (κ3) is 3.29. The first kappa shape index (κ1) is 13.8. The molecule has 0 radical (unpaired) electrons. The first-order valence-corrected chi connectivity index (χ1v) is 8.72. The largest absolute Gasteiger partial charge is 0.372 e. The monoisotopic (exact) mass is 290 g/mol. The molecule has 3 rings (SSSR count). The Hall–Kier alpha value is -1.16. The van der Waals surface area contributed by atoms with Crippen molar-refractivity contribution >= 4 is 29.0 Å². The summed E-state index contributed by atoms with van der Waals surface area (Å²) in [5.74, 6) is 2.63. The molecule has 0 atom stereocenters. The van der Waals surface area contributed by atoms with Gasteiger partial charge in [-0.25, -0.2) is 0 Å². The van der Waals surface area contributed by atoms with E-state index >= 15 is 0 Å². The predicted molar refractivity (Wildman–Crippen MR) is 86.6 cm³/mol. The molecule has 0 saturated carbocycles. The van der Waals surface area contributed by atoms with Crippen LogP contribution in [0.3, 0.4) is 0 Å². The van der Waals surface area contributed by atoms with Crippen molar-refractivity contribution in [2.75, 3.05) is 34.8 Å². The molecule has 1 N–H and O–H groups in total. The lowest BCUT2D eigenvalue weighted by Gasteiger charge is -2.21. The third-order valence-corrected chi connectivity index (χ3v) is 5.25. The summed E-state index contributed by atoms with van der Waals surface area (Å²) in [6.07, 6.45) is 4.61. The number of nitrogens with zero attached hydrogens (tertiary/aromatic N) is 1. The lowest BCUT2D eigenvalue weighted by Crippen LogP contribution is -2.26. The molecular formula is C16H22N2OS. The molecule has 0 unspecified atom stereocenters. The van der Waals surface area contributed by atoms with E-state index in [1.54, 1.807) is 0 Å². The summed E-state index contributed by atoms with van der Waals surface area (Å²) in [5.41, 5.74) is 2.20. The van der Waals surface area contributed by atoms with Gasteiger partial charge in [0, 0.05) is 30.4 Å². The van der Waals surface area contributed by atoms with Gasteiger partial charge in [0.25, 0.3) is 0 Å². The minimum Gasteiger partial charge on any atom is -0.372 e. The average Bonchev–Trinajstić information content (AvgIpc) is 3.03. The molecule has 2 heterocycles. The number of rotatable bonds is 3. The maximum absolute atomic E-state index is 12.2. The zero-order valence-corrected chi connectivity index (χ0v) is 12.6. The van der Waals surface area contributed by atoms with E-state index < -0.39 is 0 Å². The van der Waals surface area contributed by atoms with Crippen molar-refractivity contribution in [3.8, 4) is 0 Å². The van der Waals surface area contributed by atoms with Crippen molar-refractivity contribution in [1.82, 2.24) is 0 Å². The first-order valence-electron chi connectivity index (χ1n) is 7.56. The third-order valence-electron chi connectivity index (χ3n) is 4.20. The molecule has 0 aromatic heterocycles. The van der Waals surface area contributed by atoms with Gasteiger partial charge in [-0.1, -0.05) is 0 Å². The Morgan fingerprint density at radius 2 is 1.75 bits per heavy atom. The van der Waals surface area contributed by atoms with Crippen LogP contribution in [-0.2, 0) is 4.79 Å². The van der Waals surface area contributed by atoms with E-state index in [4.69, 9.17) is 0 Å². The van der Waals surface area contributed by atoms with Gasteiger partial charge < -0.3 is 10.2 Å². The Bertz CT molecular complexity index is 448. The van der Waals surface area contributed by atoms with Crippen LogP contribution in [0.5, 0.6) is 0 Å². The molecule has 2 fully saturated rings. The SMILES string of the molecule is O=C(Nc1ccc(N2CCCC2)cc1)C1CCSCC1. The molecule has 2 saturated heterocycles. The Balaban J connectivity index is 1.58. The molecule has 20 heavy (non-hydrogen) atoms. The van der Waals surface area contributed by atoms with E-state index in [-0.39, 0.29) is 11.8 Å². The summed E-state index contributed by atoms with van der Waals surface area (Å²) in [4.78, 5) is 14.6. The number of hydrogen-bond acceptors (Lipinski definition) is 3. The summed E-state index contributed by atoms with van der Waals surface area (Å²) >= 11 is 1.95. The summed E-state index contributed by atoms with van der Waals surface area (Å²) in [7, 11) is 0. The van der Waals surface area contributed by atoms with Gasteiger partial charge in [-0.3, -0.25) is 4.79 Å². The number of amides is 1. The molecule has 108 valence electrons. The zero-order chi connectivity index (χ0) is 13.8. The van der Waals surface area contributed by atoms with Crippen molar-refractivity contribution in [1.29, 1.82) is 0 Å². The number of anilines is 2. The van der Waals surface area contributed by atoms with E-state index in [9.17, 15) is 4.79 Å². The topological polar surface area (TPSA) is 32.3 Å². The molecule has 2 aliphatic rings. The Labute approximate surface area is 125 Å². The molecule has 4 heteroatoms. The molecule has 1 amide bonds. The van der Waals surface area contributed by atoms with Crippen molar-refractivity contribution in [3.63, 3.8) is 0 Å². The molecule has 2 aliphatic heterocycles. The summed E-state index contributed by atoms with van der Waals surface area (Å²) in [5, 5.41) is 3.06. The minimum absolute atomic E-state index is 0.194. The number of thioether (sulfide) groups is 1. The van der Waals surface area contributed by atoms with E-state index in [0.29, 0.717) is 0 Å². The highest BCUT2D eigenvalue weighted by molar-refractivity contribution is 7.99. The van der Waals surface area contributed by atoms with Gasteiger partial charge in [0.15, 0.2) is 0 Å². The summed E-state index contributed by atoms with van der Waals surface area (Å²) in [6.45, 7) is 2.32. The molecule has 1 aromatic carbocycles. The van der Waals surface area contributed by atoms with Crippen LogP contribution in [0.1, 0.15) is 25.7 Å². The van der Waals surface area contributed by atoms with Crippen LogP contribution in [0.15, 0.2) is 24.3 Å². The zero-order valence-electron chi connectivity index (χ0n) is 11.8. The number of hydrogen-bond donors (Lipinski definition) is 1. The van der Waals surface area contributed by atoms with Gasteiger partial charge in [-0.05, 0) is 61.5 Å². The molecule has 3 nitrogen and oxygen atoms in total. The Kier molecular flexibility index (Phi) is 4.51. The first-order chi connectivity index (χ1) is 9.83. The maximum atomic E-state index is 12.2. The highest BCUT2D eigenvalue weighted by Gasteiger charge is 2.21. The summed E-state index contributed by atoms with van der Waals surface area (Å²) < 4.78 is 0. The van der Waals surface area contributed by atoms with Gasteiger partial charge in [0.2, 0.25) is 5.91 Å². The van der Waals surface area contributed by atoms with E-state index in [1.165, 1.54) is 18.5 Å². The lowest BCUT2D eigenvalue weighted by molar-refractivity contribution is -0.120. The molecular weight excluding hydrogens is 268 g/mol. The van der Waals surface area contributed by atoms with E-state index in [2.05, 4.69) is 22.3 Å². The van der Waals surface area contributed by atoms with Crippen molar-refractivity contribution in [2.45, 2.75) is 25.7 Å². The van der Waals surface area contributed by atoms with Gasteiger partial charge >= 0.3 is 0 Å². The van der Waals surface area contributed by atoms with Gasteiger partial charge in [0.05, 0.1) is 0 Å². The summed E-state index contributed by atoms with van der Waals surface area (Å²) in [6, 6.07) is 8.31. The Morgan fingerprint density at radius 1 is 1.10 bits per heavy atom. The van der Waals surface area contributed by atoms with E-state index in [0.717, 1.165) is 43.1 Å². The van der Waals surface area contributed by atoms with Crippen LogP contribution >= 0.6 is 11.8 Å². The number of nitrogens with one attached hydrogen (secondary N) is 1. The van der Waals surface area contributed by atoms with Crippen LogP contribution in [0, 0.1) is 5.92 Å². The fourth-order valence-corrected chi connectivity index (χ4v) is 4.04. The molecule has 0 spiro atoms. The molecule has 0 bridgehead atoms. The second kappa shape index (κ2) is 6.53. The van der Waals surface area contributed by atoms with Crippen LogP contribution in [0.2, 0.25) is 0 Å². The van der Waals surface area contributed by atoms with Gasteiger partial charge in [0.1, 0.15) is 0 Å². The highest BCUT2D eigenvalue weighted by Crippen LogP contribution is 2.25. The fraction of sp³-hybridized carbons (Fsp3) is 0.562. The standard InChI is InChI=1S/C16H22N2OS/c19-16(13-7-11-20-12-8-13)17-14-3-5-15(6-4-14)18-9-1-2-10-18/h3-6,13H,1-2,7-12H2,(H,17,19). The smallest absolute Gasteiger partial charge is 0.227 e. The van der Waals surface area contributed by atoms with Gasteiger partial charge in [-0.2, -0.15) is 11.8 Å². The fourth-order valence-electron chi connectivity index (χ4n) is 2.94. The van der Waals surface area contributed by atoms with Crippen LogP contribution < -0.4 is 10.2 Å². The van der Waals surface area contributed by atoms with Crippen LogP contribution in [0.4, 0.5) is 11.4 Å². The number of benzene rings is 1. The number of carbonyl (C=O) groups is 1. The predicted octanol–water partition coefficient (Wildman–Crippen LogP) is 3.37.